The molecule has 0 atom stereocenters. The van der Waals surface area contributed by atoms with Gasteiger partial charge in [0, 0.05) is 6.07 Å². The van der Waals surface area contributed by atoms with Gasteiger partial charge in [-0.15, -0.1) is 11.3 Å². The molecule has 0 spiro atoms. The van der Waals surface area contributed by atoms with E-state index in [9.17, 15) is 14.4 Å². The summed E-state index contributed by atoms with van der Waals surface area (Å²) >= 11 is 1.45. The minimum absolute atomic E-state index is 0.0561. The van der Waals surface area contributed by atoms with Crippen molar-refractivity contribution < 1.29 is 28.8 Å². The molecule has 0 unspecified atom stereocenters. The molecule has 0 aliphatic carbocycles. The summed E-state index contributed by atoms with van der Waals surface area (Å²) in [5.41, 5.74) is 0.944. The molecule has 1 fully saturated rings. The van der Waals surface area contributed by atoms with E-state index < -0.39 is 11.7 Å². The highest BCUT2D eigenvalue weighted by Crippen LogP contribution is 2.40. The highest BCUT2D eigenvalue weighted by Gasteiger charge is 2.40. The van der Waals surface area contributed by atoms with Gasteiger partial charge in [-0.25, -0.2) is 0 Å². The van der Waals surface area contributed by atoms with E-state index in [0.29, 0.717) is 55.7 Å². The number of benzene rings is 1. The first kappa shape index (κ1) is 18.1. The van der Waals surface area contributed by atoms with Crippen LogP contribution in [0.1, 0.15) is 20.0 Å². The highest BCUT2D eigenvalue weighted by atomic mass is 32.1. The van der Waals surface area contributed by atoms with Gasteiger partial charge in [-0.3, -0.25) is 19.3 Å². The fourth-order valence-electron chi connectivity index (χ4n) is 3.95. The molecule has 150 valence electrons. The van der Waals surface area contributed by atoms with Gasteiger partial charge in [-0.1, -0.05) is 6.07 Å². The molecule has 3 aliphatic heterocycles. The van der Waals surface area contributed by atoms with Gasteiger partial charge in [-0.05, 0) is 17.5 Å². The zero-order valence-corrected chi connectivity index (χ0v) is 16.5. The third-order valence-electron chi connectivity index (χ3n) is 5.51. The number of fused-ring (bicyclic) bond motifs is 2. The van der Waals surface area contributed by atoms with Gasteiger partial charge in [0.2, 0.25) is 0 Å². The van der Waals surface area contributed by atoms with Crippen LogP contribution in [0.25, 0.3) is 0 Å². The van der Waals surface area contributed by atoms with Gasteiger partial charge in [-0.2, -0.15) is 0 Å². The molecule has 0 saturated carbocycles. The number of ketones is 1. The minimum atomic E-state index is -0.521. The number of thiophene rings is 1. The summed E-state index contributed by atoms with van der Waals surface area (Å²) < 4.78 is 11.1. The minimum Gasteiger partial charge on any atom is -0.486 e. The lowest BCUT2D eigenvalue weighted by molar-refractivity contribution is -0.902. The SMILES string of the molecule is O=C1C(=O)N(C[NH+]2CCN(C(=O)c3cccs3)CC2)c2cc3c(cc21)OCCO3. The van der Waals surface area contributed by atoms with E-state index in [0.717, 1.165) is 22.9 Å². The van der Waals surface area contributed by atoms with Crippen LogP contribution >= 0.6 is 11.3 Å². The van der Waals surface area contributed by atoms with Crippen LogP contribution in [0.2, 0.25) is 0 Å². The summed E-state index contributed by atoms with van der Waals surface area (Å²) in [4.78, 5) is 42.8. The number of amides is 2. The summed E-state index contributed by atoms with van der Waals surface area (Å²) in [5, 5.41) is 1.90. The van der Waals surface area contributed by atoms with Crippen molar-refractivity contribution in [1.82, 2.24) is 4.90 Å². The Kier molecular flexibility index (Phi) is 4.48. The maximum atomic E-state index is 12.6. The Hall–Kier alpha value is -2.91. The Bertz CT molecular complexity index is 982. The first-order chi connectivity index (χ1) is 14.1. The van der Waals surface area contributed by atoms with Gasteiger partial charge in [0.25, 0.3) is 11.7 Å². The van der Waals surface area contributed by atoms with Gasteiger partial charge >= 0.3 is 5.91 Å². The average Bonchev–Trinajstić information content (AvgIpc) is 3.37. The number of hydrogen-bond donors (Lipinski definition) is 1. The Morgan fingerprint density at radius 1 is 1.10 bits per heavy atom. The lowest BCUT2D eigenvalue weighted by atomic mass is 10.1. The van der Waals surface area contributed by atoms with Gasteiger partial charge in [0.1, 0.15) is 13.2 Å². The van der Waals surface area contributed by atoms with E-state index in [1.165, 1.54) is 16.2 Å². The van der Waals surface area contributed by atoms with Crippen molar-refractivity contribution in [3.8, 4) is 11.5 Å². The zero-order valence-electron chi connectivity index (χ0n) is 15.7. The molecule has 1 N–H and O–H groups in total. The number of ether oxygens (including phenoxy) is 2. The Morgan fingerprint density at radius 3 is 2.52 bits per heavy atom. The molecule has 2 aromatic rings. The van der Waals surface area contributed by atoms with Crippen LogP contribution in [0.4, 0.5) is 5.69 Å². The summed E-state index contributed by atoms with van der Waals surface area (Å²) in [6.45, 7) is 3.93. The van der Waals surface area contributed by atoms with Crippen LogP contribution in [-0.2, 0) is 4.79 Å². The highest BCUT2D eigenvalue weighted by molar-refractivity contribution is 7.12. The van der Waals surface area contributed by atoms with Crippen molar-refractivity contribution in [2.45, 2.75) is 0 Å². The first-order valence-corrected chi connectivity index (χ1v) is 10.5. The molecule has 5 rings (SSSR count). The zero-order chi connectivity index (χ0) is 20.0. The number of carbonyl (C=O) groups excluding carboxylic acids is 3. The number of Topliss-reactive ketones (excluding diaryl/α,β-unsaturated/α-hetero) is 1. The number of carbonyl (C=O) groups is 3. The quantitative estimate of drug-likeness (QED) is 0.718. The first-order valence-electron chi connectivity index (χ1n) is 9.58. The van der Waals surface area contributed by atoms with E-state index in [-0.39, 0.29) is 5.91 Å². The predicted molar refractivity (Wildman–Crippen MR) is 105 cm³/mol. The Balaban J connectivity index is 1.29. The van der Waals surface area contributed by atoms with Gasteiger partial charge in [0.15, 0.2) is 18.2 Å². The topological polar surface area (TPSA) is 80.6 Å². The maximum Gasteiger partial charge on any atom is 0.303 e. The molecular weight excluding hydrogens is 394 g/mol. The monoisotopic (exact) mass is 414 g/mol. The lowest BCUT2D eigenvalue weighted by Gasteiger charge is -2.33. The Labute approximate surface area is 171 Å². The summed E-state index contributed by atoms with van der Waals surface area (Å²) in [5.74, 6) is 0.0883. The second-order valence-electron chi connectivity index (χ2n) is 7.25. The molecule has 3 aliphatic rings. The average molecular weight is 414 g/mol. The normalized spacial score (nSPS) is 18.9. The van der Waals surface area contributed by atoms with Crippen molar-refractivity contribution >= 4 is 34.6 Å². The third-order valence-corrected chi connectivity index (χ3v) is 6.36. The largest absolute Gasteiger partial charge is 0.486 e. The number of piperazine rings is 1. The number of nitrogens with one attached hydrogen (secondary N) is 1. The lowest BCUT2D eigenvalue weighted by Crippen LogP contribution is -3.16. The van der Waals surface area contributed by atoms with Crippen molar-refractivity contribution in [3.05, 3.63) is 40.1 Å². The van der Waals surface area contributed by atoms with Crippen LogP contribution < -0.4 is 19.3 Å². The predicted octanol–water partition coefficient (Wildman–Crippen LogP) is 0.0470. The standard InChI is InChI=1S/C20H19N3O5S/c24-18-13-10-15-16(28-8-7-27-15)11-14(13)23(20(18)26)12-21-3-5-22(6-4-21)19(25)17-2-1-9-29-17/h1-2,9-11H,3-8,12H2/p+1. The molecular formula is C20H20N3O5S+. The number of anilines is 1. The second-order valence-corrected chi connectivity index (χ2v) is 8.20. The van der Waals surface area contributed by atoms with Crippen molar-refractivity contribution in [2.75, 3.05) is 51.0 Å². The van der Waals surface area contributed by atoms with Crippen LogP contribution in [-0.4, -0.2) is 68.6 Å². The molecule has 0 bridgehead atoms. The number of quaternary nitrogens is 1. The van der Waals surface area contributed by atoms with Crippen molar-refractivity contribution in [3.63, 3.8) is 0 Å². The summed E-state index contributed by atoms with van der Waals surface area (Å²) in [6, 6.07) is 7.05. The van der Waals surface area contributed by atoms with Gasteiger partial charge < -0.3 is 19.3 Å². The van der Waals surface area contributed by atoms with Crippen LogP contribution in [0.15, 0.2) is 29.6 Å². The Morgan fingerprint density at radius 2 is 1.83 bits per heavy atom. The van der Waals surface area contributed by atoms with E-state index in [2.05, 4.69) is 0 Å². The number of nitrogens with zero attached hydrogens (tertiary/aromatic N) is 2. The van der Waals surface area contributed by atoms with E-state index >= 15 is 0 Å². The molecule has 29 heavy (non-hydrogen) atoms. The molecule has 9 heteroatoms. The van der Waals surface area contributed by atoms with E-state index in [4.69, 9.17) is 9.47 Å². The van der Waals surface area contributed by atoms with Crippen LogP contribution in [0.3, 0.4) is 0 Å². The van der Waals surface area contributed by atoms with Crippen molar-refractivity contribution in [1.29, 1.82) is 0 Å². The van der Waals surface area contributed by atoms with Gasteiger partial charge in [0.05, 0.1) is 42.3 Å². The maximum absolute atomic E-state index is 12.6. The van der Waals surface area contributed by atoms with Crippen LogP contribution in [0.5, 0.6) is 11.5 Å². The van der Waals surface area contributed by atoms with Crippen molar-refractivity contribution in [2.24, 2.45) is 0 Å². The molecule has 1 saturated heterocycles. The van der Waals surface area contributed by atoms with E-state index in [1.54, 1.807) is 12.1 Å². The smallest absolute Gasteiger partial charge is 0.303 e. The number of rotatable bonds is 3. The second kappa shape index (κ2) is 7.16. The third kappa shape index (κ3) is 3.16. The van der Waals surface area contributed by atoms with E-state index in [1.807, 2.05) is 22.4 Å². The fourth-order valence-corrected chi connectivity index (χ4v) is 4.64. The number of hydrogen-bond acceptors (Lipinski definition) is 6. The summed E-state index contributed by atoms with van der Waals surface area (Å²) in [6.07, 6.45) is 0. The molecule has 8 nitrogen and oxygen atoms in total. The fraction of sp³-hybridized carbons (Fsp3) is 0.350. The van der Waals surface area contributed by atoms with Crippen LogP contribution in [0, 0.1) is 0 Å². The molecule has 2 amide bonds. The molecule has 1 aromatic carbocycles. The summed E-state index contributed by atoms with van der Waals surface area (Å²) in [7, 11) is 0. The molecule has 1 aromatic heterocycles. The molecule has 4 heterocycles. The molecule has 0 radical (unpaired) electrons.